The molecular formula is C71H75IrN3OSi-2. The van der Waals surface area contributed by atoms with Crippen molar-refractivity contribution in [3.63, 3.8) is 0 Å². The summed E-state index contributed by atoms with van der Waals surface area (Å²) in [6.45, 7) is 37.3. The van der Waals surface area contributed by atoms with Crippen molar-refractivity contribution in [2.75, 3.05) is 0 Å². The van der Waals surface area contributed by atoms with Gasteiger partial charge in [0.25, 0.3) is 0 Å². The zero-order valence-electron chi connectivity index (χ0n) is 48.2. The van der Waals surface area contributed by atoms with Gasteiger partial charge in [-0.1, -0.05) is 193 Å². The fraction of sp³-hybridized carbons (Fsp3) is 0.296. The molecular weight excluding hydrogens is 1130 g/mol. The van der Waals surface area contributed by atoms with Gasteiger partial charge in [0.05, 0.1) is 30.5 Å². The van der Waals surface area contributed by atoms with Crippen LogP contribution in [0.2, 0.25) is 19.6 Å². The smallest absolute Gasteiger partial charge is 0.121 e. The van der Waals surface area contributed by atoms with Gasteiger partial charge in [0.2, 0.25) is 0 Å². The molecule has 0 aliphatic rings. The maximum absolute atomic E-state index is 7.01. The van der Waals surface area contributed by atoms with E-state index in [0.717, 1.165) is 50.1 Å². The van der Waals surface area contributed by atoms with Gasteiger partial charge in [-0.25, -0.2) is 0 Å². The molecule has 11 aromatic rings. The SMILES string of the molecule is CC(C)(C)c1ccnc(-c2[c-]cccc2)c1.CC(C)c1cc(-c2cc(C(C)(C)C)cc(C(C)(C)C)c2)cc(C(C)C)c1-n1c(-c2[c-]ccc3c2oc2cc4c(ccc5ccccc54)cc23)nc2cccc([Si](C)(C)C)c21.[Ir]. The summed E-state index contributed by atoms with van der Waals surface area (Å²) in [5.74, 6) is 1.35. The van der Waals surface area contributed by atoms with E-state index in [1.807, 2.05) is 30.5 Å². The number of furan rings is 1. The molecule has 0 unspecified atom stereocenters. The molecule has 0 aliphatic heterocycles. The molecule has 11 rings (SSSR count). The van der Waals surface area contributed by atoms with Crippen LogP contribution >= 0.6 is 0 Å². The van der Waals surface area contributed by atoms with Crippen LogP contribution in [-0.4, -0.2) is 22.6 Å². The van der Waals surface area contributed by atoms with Crippen molar-refractivity contribution in [3.05, 3.63) is 192 Å². The minimum atomic E-state index is -1.88. The number of benzene rings is 8. The zero-order chi connectivity index (χ0) is 54.2. The van der Waals surface area contributed by atoms with Crippen LogP contribution in [-0.2, 0) is 36.4 Å². The first-order chi connectivity index (χ1) is 35.9. The summed E-state index contributed by atoms with van der Waals surface area (Å²) in [7, 11) is -1.88. The predicted molar refractivity (Wildman–Crippen MR) is 329 cm³/mol. The van der Waals surface area contributed by atoms with Gasteiger partial charge in [0.1, 0.15) is 5.58 Å². The van der Waals surface area contributed by atoms with Gasteiger partial charge in [0, 0.05) is 37.4 Å². The standard InChI is InChI=1S/C56H59N2OSi.C15H16N.Ir/c1-33(2)44-29-38(37-26-39(55(5,6)7)31-40(27-37)56(8,9)10)30-45(34(3)4)51(44)58-52-48(22-17-23-50(52)60(11,12)13)57-54(58)43-21-16-20-42-47-28-36-25-24-35-18-14-15-19-41(35)46(36)32-49(47)59-53(42)43;1-15(2,3)13-9-10-16-14(11-13)12-7-5-4-6-8-12;/h14-20,22-34H,1-13H3;4-7,9-11H,1-3H3;/q2*-1;. The summed E-state index contributed by atoms with van der Waals surface area (Å²) in [5, 5.41) is 8.45. The predicted octanol–water partition coefficient (Wildman–Crippen LogP) is 19.6. The third kappa shape index (κ3) is 10.8. The van der Waals surface area contributed by atoms with Gasteiger partial charge >= 0.3 is 0 Å². The molecule has 0 aliphatic carbocycles. The van der Waals surface area contributed by atoms with E-state index >= 15 is 0 Å². The minimum absolute atomic E-state index is 0. The van der Waals surface area contributed by atoms with E-state index < -0.39 is 8.07 Å². The number of aromatic nitrogens is 3. The molecule has 0 saturated heterocycles. The molecule has 77 heavy (non-hydrogen) atoms. The van der Waals surface area contributed by atoms with Crippen LogP contribution in [0.1, 0.15) is 130 Å². The van der Waals surface area contributed by atoms with E-state index in [0.29, 0.717) is 0 Å². The summed E-state index contributed by atoms with van der Waals surface area (Å²) >= 11 is 0. The summed E-state index contributed by atoms with van der Waals surface area (Å²) in [6.07, 6.45) is 1.87. The second-order valence-electron chi connectivity index (χ2n) is 25.8. The minimum Gasteiger partial charge on any atom is -0.501 e. The van der Waals surface area contributed by atoms with Crippen molar-refractivity contribution in [1.29, 1.82) is 0 Å². The Hall–Kier alpha value is -6.43. The Kier molecular flexibility index (Phi) is 14.9. The van der Waals surface area contributed by atoms with E-state index in [1.165, 1.54) is 76.9 Å². The van der Waals surface area contributed by atoms with E-state index in [2.05, 4.69) is 253 Å². The fourth-order valence-electron chi connectivity index (χ4n) is 10.8. The van der Waals surface area contributed by atoms with E-state index in [1.54, 1.807) is 0 Å². The molecule has 0 atom stereocenters. The molecule has 0 spiro atoms. The molecule has 0 fully saturated rings. The van der Waals surface area contributed by atoms with Crippen LogP contribution in [0.15, 0.2) is 156 Å². The normalized spacial score (nSPS) is 12.5. The molecule has 3 aromatic heterocycles. The molecule has 3 heterocycles. The van der Waals surface area contributed by atoms with Crippen LogP contribution in [0.25, 0.3) is 94.0 Å². The largest absolute Gasteiger partial charge is 0.501 e. The Morgan fingerprint density at radius 3 is 1.81 bits per heavy atom. The summed E-state index contributed by atoms with van der Waals surface area (Å²) in [4.78, 5) is 9.99. The van der Waals surface area contributed by atoms with Gasteiger partial charge in [-0.3, -0.25) is 4.98 Å². The van der Waals surface area contributed by atoms with Crippen LogP contribution < -0.4 is 5.19 Å². The topological polar surface area (TPSA) is 43.9 Å². The average molecular weight is 1210 g/mol. The molecule has 1 radical (unpaired) electrons. The molecule has 0 bridgehead atoms. The van der Waals surface area contributed by atoms with Gasteiger partial charge < -0.3 is 14.0 Å². The molecule has 0 saturated carbocycles. The van der Waals surface area contributed by atoms with Crippen molar-refractivity contribution in [2.24, 2.45) is 0 Å². The van der Waals surface area contributed by atoms with Gasteiger partial charge in [0.15, 0.2) is 0 Å². The number of pyridine rings is 1. The van der Waals surface area contributed by atoms with Crippen LogP contribution in [0.4, 0.5) is 0 Å². The third-order valence-corrected chi connectivity index (χ3v) is 17.3. The number of hydrogen-bond acceptors (Lipinski definition) is 3. The second kappa shape index (κ2) is 20.7. The Balaban J connectivity index is 0.000000364. The molecule has 8 aromatic carbocycles. The summed E-state index contributed by atoms with van der Waals surface area (Å²) < 4.78 is 9.53. The quantitative estimate of drug-likeness (QED) is 0.0907. The number of imidazole rings is 1. The molecule has 4 nitrogen and oxygen atoms in total. The Labute approximate surface area is 472 Å². The first-order valence-corrected chi connectivity index (χ1v) is 30.9. The number of hydrogen-bond donors (Lipinski definition) is 0. The van der Waals surface area contributed by atoms with Crippen molar-refractivity contribution in [3.8, 4) is 39.5 Å². The van der Waals surface area contributed by atoms with Crippen molar-refractivity contribution < 1.29 is 24.5 Å². The average Bonchev–Trinajstić information content (AvgIpc) is 4.11. The number of fused-ring (bicyclic) bond motifs is 7. The first-order valence-electron chi connectivity index (χ1n) is 27.4. The van der Waals surface area contributed by atoms with Crippen LogP contribution in [0, 0.1) is 12.1 Å². The third-order valence-electron chi connectivity index (χ3n) is 15.3. The van der Waals surface area contributed by atoms with E-state index in [4.69, 9.17) is 9.40 Å². The van der Waals surface area contributed by atoms with Gasteiger partial charge in [-0.15, -0.1) is 54.1 Å². The van der Waals surface area contributed by atoms with Crippen molar-refractivity contribution in [2.45, 2.75) is 138 Å². The van der Waals surface area contributed by atoms with Crippen LogP contribution in [0.3, 0.4) is 0 Å². The summed E-state index contributed by atoms with van der Waals surface area (Å²) in [5.41, 5.74) is 17.5. The van der Waals surface area contributed by atoms with Gasteiger partial charge in [-0.2, -0.15) is 0 Å². The van der Waals surface area contributed by atoms with E-state index in [-0.39, 0.29) is 48.2 Å². The zero-order valence-corrected chi connectivity index (χ0v) is 51.6. The van der Waals surface area contributed by atoms with E-state index in [9.17, 15) is 0 Å². The van der Waals surface area contributed by atoms with Crippen LogP contribution in [0.5, 0.6) is 0 Å². The first kappa shape index (κ1) is 55.3. The number of para-hydroxylation sites is 1. The Morgan fingerprint density at radius 2 is 1.18 bits per heavy atom. The van der Waals surface area contributed by atoms with Crippen molar-refractivity contribution >= 4 is 67.8 Å². The van der Waals surface area contributed by atoms with Gasteiger partial charge in [-0.05, 0) is 136 Å². The Bertz CT molecular complexity index is 3920. The maximum Gasteiger partial charge on any atom is 0.121 e. The Morgan fingerprint density at radius 1 is 0.545 bits per heavy atom. The molecule has 0 amide bonds. The maximum atomic E-state index is 7.01. The van der Waals surface area contributed by atoms with Crippen molar-refractivity contribution in [1.82, 2.24) is 14.5 Å². The monoisotopic (exact) mass is 1210 g/mol. The molecule has 395 valence electrons. The molecule has 6 heteroatoms. The number of nitrogens with zero attached hydrogens (tertiary/aromatic N) is 3. The molecule has 0 N–H and O–H groups in total. The second-order valence-corrected chi connectivity index (χ2v) is 30.9. The number of rotatable bonds is 7. The summed E-state index contributed by atoms with van der Waals surface area (Å²) in [6, 6.07) is 59.9. The fourth-order valence-corrected chi connectivity index (χ4v) is 12.3.